The van der Waals surface area contributed by atoms with Gasteiger partial charge < -0.3 is 22.9 Å². The van der Waals surface area contributed by atoms with E-state index in [0.29, 0.717) is 0 Å². The number of furan rings is 1. The highest BCUT2D eigenvalue weighted by molar-refractivity contribution is 5.89. The Balaban J connectivity index is 0.000000547. The van der Waals surface area contributed by atoms with Crippen LogP contribution in [0, 0.1) is 10.8 Å². The summed E-state index contributed by atoms with van der Waals surface area (Å²) in [5.41, 5.74) is 2.82. The second-order valence-corrected chi connectivity index (χ2v) is 16.1. The minimum atomic E-state index is 0. The minimum Gasteiger partial charge on any atom is -0.479 e. The highest BCUT2D eigenvalue weighted by Gasteiger charge is 2.23. The summed E-state index contributed by atoms with van der Waals surface area (Å²) in [5, 5.41) is 7.74. The van der Waals surface area contributed by atoms with Gasteiger partial charge in [0.2, 0.25) is 0 Å². The van der Waals surface area contributed by atoms with Gasteiger partial charge in [0.05, 0.1) is 30.4 Å². The van der Waals surface area contributed by atoms with Crippen LogP contribution in [-0.2, 0) is 25.8 Å². The molecule has 5 heterocycles. The Morgan fingerprint density at radius 1 is 0.652 bits per heavy atom. The molecule has 0 amide bonds. The number of aromatic nitrogens is 2. The Kier molecular flexibility index (Phi) is 16.8. The second kappa shape index (κ2) is 18.1. The zero-order chi connectivity index (χ0) is 34.5. The lowest BCUT2D eigenvalue weighted by atomic mass is 9.89. The molecule has 262 valence electrons. The van der Waals surface area contributed by atoms with Crippen molar-refractivity contribution < 1.29 is 22.9 Å². The number of oxazole rings is 1. The molecule has 0 atom stereocenters. The van der Waals surface area contributed by atoms with Gasteiger partial charge in [-0.1, -0.05) is 122 Å². The first-order valence-electron chi connectivity index (χ1n) is 15.7. The number of hydrogen-bond acceptors (Lipinski definition) is 9. The molecule has 0 saturated carbocycles. The highest BCUT2D eigenvalue weighted by Crippen LogP contribution is 2.23. The number of aliphatic imine (C=N–C) groups is 1. The zero-order valence-corrected chi connectivity index (χ0v) is 30.7. The lowest BCUT2D eigenvalue weighted by Gasteiger charge is -2.16. The molecule has 0 fully saturated rings. The molecule has 0 aromatic carbocycles. The van der Waals surface area contributed by atoms with Crippen LogP contribution in [0.25, 0.3) is 0 Å². The van der Waals surface area contributed by atoms with Gasteiger partial charge in [-0.15, -0.1) is 0 Å². The largest absolute Gasteiger partial charge is 0.479 e. The Hall–Kier alpha value is -3.36. The van der Waals surface area contributed by atoms with Gasteiger partial charge in [-0.2, -0.15) is 0 Å². The number of ether oxygens (including phenoxy) is 1. The molecule has 9 heteroatoms. The fourth-order valence-corrected chi connectivity index (χ4v) is 3.51. The van der Waals surface area contributed by atoms with Crippen LogP contribution in [0.1, 0.15) is 135 Å². The lowest BCUT2D eigenvalue weighted by Crippen LogP contribution is -2.20. The molecule has 46 heavy (non-hydrogen) atoms. The van der Waals surface area contributed by atoms with Gasteiger partial charge in [0, 0.05) is 39.6 Å². The van der Waals surface area contributed by atoms with Gasteiger partial charge >= 0.3 is 0 Å². The maximum absolute atomic E-state index is 5.27. The lowest BCUT2D eigenvalue weighted by molar-refractivity contribution is 0.173. The predicted octanol–water partition coefficient (Wildman–Crippen LogP) is 10.4. The molecule has 0 N–H and O–H groups in total. The average molecular weight is 645 g/mol. The summed E-state index contributed by atoms with van der Waals surface area (Å²) in [6, 6.07) is 5.81. The SMILES string of the molecule is C.CC(C)(C)C1=NCCO1.CC(C)(C)C1=NOCC1.CC(C)(C)c1ccco1.CC(C)(C)c1ccon1.CC(C)(C)c1ncco1. The van der Waals surface area contributed by atoms with Crippen LogP contribution in [0.15, 0.2) is 66.7 Å². The van der Waals surface area contributed by atoms with E-state index in [1.165, 1.54) is 5.71 Å². The molecule has 2 aliphatic rings. The standard InChI is InChI=1S/C8H12O.C7H13NO.C7H11NO.C7H13NO.C7H11NO.CH4/c1-8(2,3)7-5-4-6-9-7;2*1-7(2,3)6-8-4-5-9-6;2*1-7(2,3)6-4-5-9-8-6;/h4-6H,1-3H3;4-5H2,1-3H3;4-5H,1-3H3;4-5H2,1-3H3;4-5H,1-3H3;1H4. The van der Waals surface area contributed by atoms with Crippen molar-refractivity contribution in [1.29, 1.82) is 0 Å². The van der Waals surface area contributed by atoms with Crippen molar-refractivity contribution in [3.8, 4) is 0 Å². The fraction of sp³-hybridized carbons (Fsp3) is 0.676. The van der Waals surface area contributed by atoms with Crippen LogP contribution >= 0.6 is 0 Å². The summed E-state index contributed by atoms with van der Waals surface area (Å²) >= 11 is 0. The molecule has 0 aliphatic carbocycles. The highest BCUT2D eigenvalue weighted by atomic mass is 16.6. The van der Waals surface area contributed by atoms with Crippen molar-refractivity contribution >= 4 is 11.6 Å². The molecular formula is C37H64N4O5. The third-order valence-electron chi connectivity index (χ3n) is 6.24. The second-order valence-electron chi connectivity index (χ2n) is 16.1. The molecule has 5 rings (SSSR count). The van der Waals surface area contributed by atoms with Gasteiger partial charge in [-0.05, 0) is 12.1 Å². The molecule has 0 bridgehead atoms. The first-order valence-corrected chi connectivity index (χ1v) is 15.7. The van der Waals surface area contributed by atoms with Gasteiger partial charge in [0.1, 0.15) is 31.5 Å². The average Bonchev–Trinajstić information content (AvgIpc) is 3.75. The maximum atomic E-state index is 5.27. The van der Waals surface area contributed by atoms with Gasteiger partial charge in [-0.25, -0.2) is 4.98 Å². The summed E-state index contributed by atoms with van der Waals surface area (Å²) in [7, 11) is 0. The molecule has 0 spiro atoms. The number of hydrogen-bond donors (Lipinski definition) is 0. The van der Waals surface area contributed by atoms with Crippen LogP contribution in [0.2, 0.25) is 0 Å². The molecule has 0 unspecified atom stereocenters. The van der Waals surface area contributed by atoms with E-state index in [0.717, 1.165) is 49.4 Å². The van der Waals surface area contributed by atoms with E-state index in [1.807, 2.05) is 18.2 Å². The quantitative estimate of drug-likeness (QED) is 0.239. The van der Waals surface area contributed by atoms with E-state index in [9.17, 15) is 0 Å². The van der Waals surface area contributed by atoms with E-state index in [-0.39, 0.29) is 34.5 Å². The topological polar surface area (TPSA) is 108 Å². The fourth-order valence-electron chi connectivity index (χ4n) is 3.51. The first kappa shape index (κ1) is 42.6. The number of oxime groups is 1. The third kappa shape index (κ3) is 16.8. The Morgan fingerprint density at radius 3 is 1.52 bits per heavy atom. The van der Waals surface area contributed by atoms with Gasteiger partial charge in [-0.3, -0.25) is 4.99 Å². The molecule has 0 radical (unpaired) electrons. The van der Waals surface area contributed by atoms with Crippen molar-refractivity contribution in [2.24, 2.45) is 21.0 Å². The summed E-state index contributed by atoms with van der Waals surface area (Å²) in [6.45, 7) is 34.1. The Bertz CT molecular complexity index is 1100. The van der Waals surface area contributed by atoms with Crippen molar-refractivity contribution in [3.05, 3.63) is 60.5 Å². The smallest absolute Gasteiger partial charge is 0.199 e. The molecule has 0 saturated heterocycles. The Labute approximate surface area is 279 Å². The van der Waals surface area contributed by atoms with Crippen molar-refractivity contribution in [2.75, 3.05) is 19.8 Å². The van der Waals surface area contributed by atoms with Crippen LogP contribution in [-0.4, -0.2) is 41.5 Å². The minimum absolute atomic E-state index is 0. The molecule has 3 aromatic heterocycles. The monoisotopic (exact) mass is 644 g/mol. The van der Waals surface area contributed by atoms with E-state index in [1.54, 1.807) is 25.0 Å². The first-order chi connectivity index (χ1) is 20.5. The predicted molar refractivity (Wildman–Crippen MR) is 190 cm³/mol. The molecule has 2 aliphatic heterocycles. The maximum Gasteiger partial charge on any atom is 0.199 e. The Morgan fingerprint density at radius 2 is 1.30 bits per heavy atom. The third-order valence-corrected chi connectivity index (χ3v) is 6.24. The van der Waals surface area contributed by atoms with E-state index in [2.05, 4.69) is 124 Å². The van der Waals surface area contributed by atoms with Crippen LogP contribution in [0.5, 0.6) is 0 Å². The van der Waals surface area contributed by atoms with Gasteiger partial charge in [0.15, 0.2) is 11.8 Å². The number of nitrogens with zero attached hydrogens (tertiary/aromatic N) is 4. The summed E-state index contributed by atoms with van der Waals surface area (Å²) in [4.78, 5) is 13.1. The van der Waals surface area contributed by atoms with E-state index in [4.69, 9.17) is 22.9 Å². The molecular weight excluding hydrogens is 580 g/mol. The number of rotatable bonds is 0. The summed E-state index contributed by atoms with van der Waals surface area (Å²) in [5.74, 6) is 2.74. The summed E-state index contributed by atoms with van der Waals surface area (Å²) < 4.78 is 20.2. The van der Waals surface area contributed by atoms with E-state index < -0.39 is 0 Å². The normalized spacial score (nSPS) is 14.5. The zero-order valence-electron chi connectivity index (χ0n) is 30.7. The van der Waals surface area contributed by atoms with Crippen molar-refractivity contribution in [2.45, 2.75) is 134 Å². The van der Waals surface area contributed by atoms with Crippen molar-refractivity contribution in [3.63, 3.8) is 0 Å². The van der Waals surface area contributed by atoms with Crippen molar-refractivity contribution in [1.82, 2.24) is 10.1 Å². The van der Waals surface area contributed by atoms with E-state index >= 15 is 0 Å². The molecule has 3 aromatic rings. The summed E-state index contributed by atoms with van der Waals surface area (Å²) in [6.07, 6.45) is 7.58. The van der Waals surface area contributed by atoms with Crippen LogP contribution in [0.4, 0.5) is 0 Å². The van der Waals surface area contributed by atoms with Crippen LogP contribution in [0.3, 0.4) is 0 Å². The molecule has 9 nitrogen and oxygen atoms in total. The van der Waals surface area contributed by atoms with Crippen LogP contribution < -0.4 is 0 Å². The van der Waals surface area contributed by atoms with Gasteiger partial charge in [0.25, 0.3) is 0 Å².